The second-order valence-electron chi connectivity index (χ2n) is 4.17. The van der Waals surface area contributed by atoms with Crippen LogP contribution in [0.1, 0.15) is 33.0 Å². The van der Waals surface area contributed by atoms with E-state index >= 15 is 0 Å². The second-order valence-corrected chi connectivity index (χ2v) is 4.17. The Morgan fingerprint density at radius 1 is 1.20 bits per heavy atom. The van der Waals surface area contributed by atoms with Crippen molar-refractivity contribution < 1.29 is 4.74 Å². The lowest BCUT2D eigenvalue weighted by atomic mass is 10.4. The molecule has 0 atom stereocenters. The highest BCUT2D eigenvalue weighted by atomic mass is 16.5. The molecule has 0 aliphatic carbocycles. The van der Waals surface area contributed by atoms with Gasteiger partial charge in [0.1, 0.15) is 5.82 Å². The number of nitrogens with zero attached hydrogens (tertiary/aromatic N) is 5. The molecule has 0 radical (unpaired) electrons. The predicted octanol–water partition coefficient (Wildman–Crippen LogP) is 1.84. The van der Waals surface area contributed by atoms with Gasteiger partial charge in [0.2, 0.25) is 11.9 Å². The van der Waals surface area contributed by atoms with Crippen molar-refractivity contribution in [3.05, 3.63) is 18.2 Å². The number of hydrogen-bond acceptors (Lipinski definition) is 6. The summed E-state index contributed by atoms with van der Waals surface area (Å²) < 4.78 is 7.25. The summed E-state index contributed by atoms with van der Waals surface area (Å²) in [6, 6.07) is 0.326. The van der Waals surface area contributed by atoms with Crippen LogP contribution in [0.4, 0.5) is 5.95 Å². The van der Waals surface area contributed by atoms with Gasteiger partial charge in [0.05, 0.1) is 6.61 Å². The monoisotopic (exact) mass is 276 g/mol. The zero-order valence-corrected chi connectivity index (χ0v) is 12.1. The Morgan fingerprint density at radius 2 is 2.05 bits per heavy atom. The zero-order chi connectivity index (χ0) is 14.4. The van der Waals surface area contributed by atoms with Gasteiger partial charge in [0.15, 0.2) is 0 Å². The lowest BCUT2D eigenvalue weighted by Gasteiger charge is -2.10. The van der Waals surface area contributed by atoms with Crippen LogP contribution in [0.15, 0.2) is 12.4 Å². The van der Waals surface area contributed by atoms with Crippen molar-refractivity contribution >= 4 is 5.95 Å². The minimum absolute atomic E-state index is 0.326. The second kappa shape index (κ2) is 6.83. The summed E-state index contributed by atoms with van der Waals surface area (Å²) in [7, 11) is 0. The van der Waals surface area contributed by atoms with E-state index in [2.05, 4.69) is 32.2 Å². The van der Waals surface area contributed by atoms with Crippen molar-refractivity contribution in [3.8, 4) is 12.0 Å². The molecule has 2 heterocycles. The van der Waals surface area contributed by atoms with Gasteiger partial charge in [-0.25, -0.2) is 4.98 Å². The molecule has 2 aromatic rings. The maximum atomic E-state index is 5.40. The Bertz CT molecular complexity index is 554. The van der Waals surface area contributed by atoms with Gasteiger partial charge in [-0.05, 0) is 13.3 Å². The third-order valence-corrected chi connectivity index (χ3v) is 2.66. The van der Waals surface area contributed by atoms with E-state index in [0.29, 0.717) is 24.5 Å². The number of ether oxygens (including phenoxy) is 1. The van der Waals surface area contributed by atoms with Gasteiger partial charge < -0.3 is 10.1 Å². The molecular formula is C13H20N6O. The minimum Gasteiger partial charge on any atom is -0.464 e. The highest BCUT2D eigenvalue weighted by Crippen LogP contribution is 2.13. The molecule has 2 aromatic heterocycles. The van der Waals surface area contributed by atoms with Gasteiger partial charge in [0, 0.05) is 25.4 Å². The van der Waals surface area contributed by atoms with Crippen molar-refractivity contribution in [2.45, 2.75) is 33.6 Å². The average Bonchev–Trinajstić information content (AvgIpc) is 2.93. The predicted molar refractivity (Wildman–Crippen MR) is 76.3 cm³/mol. The lowest BCUT2D eigenvalue weighted by molar-refractivity contribution is 0.311. The standard InChI is InChI=1S/C13H20N6O/c1-4-7-15-11-16-12(18-13(17-11)20-6-3)19-9-8-14-10(19)5-2/h8-9H,4-7H2,1-3H3,(H,15,16,17,18). The van der Waals surface area contributed by atoms with Crippen molar-refractivity contribution in [1.82, 2.24) is 24.5 Å². The van der Waals surface area contributed by atoms with Crippen LogP contribution in [0.2, 0.25) is 0 Å². The fourth-order valence-electron chi connectivity index (χ4n) is 1.74. The van der Waals surface area contributed by atoms with Gasteiger partial charge >= 0.3 is 6.01 Å². The number of imidazole rings is 1. The Kier molecular flexibility index (Phi) is 4.86. The number of hydrogen-bond donors (Lipinski definition) is 1. The van der Waals surface area contributed by atoms with Gasteiger partial charge in [-0.2, -0.15) is 15.0 Å². The SMILES string of the molecule is CCCNc1nc(OCC)nc(-n2ccnc2CC)n1. The minimum atomic E-state index is 0.326. The first-order valence-electron chi connectivity index (χ1n) is 6.93. The molecule has 0 aliphatic heterocycles. The molecule has 7 heteroatoms. The van der Waals surface area contributed by atoms with Crippen LogP contribution < -0.4 is 10.1 Å². The molecule has 0 saturated heterocycles. The number of aromatic nitrogens is 5. The van der Waals surface area contributed by atoms with E-state index in [1.165, 1.54) is 0 Å². The largest absolute Gasteiger partial charge is 0.464 e. The molecule has 0 unspecified atom stereocenters. The third-order valence-electron chi connectivity index (χ3n) is 2.66. The zero-order valence-electron chi connectivity index (χ0n) is 12.1. The third kappa shape index (κ3) is 3.23. The van der Waals surface area contributed by atoms with Gasteiger partial charge in [-0.3, -0.25) is 4.57 Å². The number of anilines is 1. The smallest absolute Gasteiger partial charge is 0.323 e. The van der Waals surface area contributed by atoms with Crippen LogP contribution in [-0.4, -0.2) is 37.7 Å². The summed E-state index contributed by atoms with van der Waals surface area (Å²) >= 11 is 0. The molecule has 2 rings (SSSR count). The van der Waals surface area contributed by atoms with Gasteiger partial charge in [0.25, 0.3) is 0 Å². The summed E-state index contributed by atoms with van der Waals surface area (Å²) in [5.41, 5.74) is 0. The van der Waals surface area contributed by atoms with Crippen LogP contribution in [0.25, 0.3) is 5.95 Å². The Hall–Kier alpha value is -2.18. The molecule has 20 heavy (non-hydrogen) atoms. The maximum absolute atomic E-state index is 5.40. The highest BCUT2D eigenvalue weighted by molar-refractivity contribution is 5.31. The van der Waals surface area contributed by atoms with Crippen LogP contribution >= 0.6 is 0 Å². The molecule has 0 aliphatic rings. The molecule has 7 nitrogen and oxygen atoms in total. The van der Waals surface area contributed by atoms with E-state index in [1.807, 2.05) is 24.6 Å². The summed E-state index contributed by atoms with van der Waals surface area (Å²) in [6.45, 7) is 7.35. The van der Waals surface area contributed by atoms with E-state index < -0.39 is 0 Å². The molecule has 0 saturated carbocycles. The van der Waals surface area contributed by atoms with Crippen LogP contribution in [0.3, 0.4) is 0 Å². The summed E-state index contributed by atoms with van der Waals surface area (Å²) in [5, 5.41) is 3.16. The first kappa shape index (κ1) is 14.2. The molecule has 0 spiro atoms. The van der Waals surface area contributed by atoms with Crippen molar-refractivity contribution in [3.63, 3.8) is 0 Å². The van der Waals surface area contributed by atoms with Gasteiger partial charge in [-0.1, -0.05) is 13.8 Å². The average molecular weight is 276 g/mol. The quantitative estimate of drug-likeness (QED) is 0.831. The fraction of sp³-hybridized carbons (Fsp3) is 0.538. The molecule has 0 aromatic carbocycles. The number of nitrogens with one attached hydrogen (secondary N) is 1. The summed E-state index contributed by atoms with van der Waals surface area (Å²) in [5.74, 6) is 1.95. The topological polar surface area (TPSA) is 77.8 Å². The normalized spacial score (nSPS) is 10.6. The number of rotatable bonds is 7. The Labute approximate surface area is 118 Å². The molecule has 108 valence electrons. The van der Waals surface area contributed by atoms with E-state index in [9.17, 15) is 0 Å². The number of aryl methyl sites for hydroxylation is 1. The van der Waals surface area contributed by atoms with E-state index in [1.54, 1.807) is 6.20 Å². The Balaban J connectivity index is 2.38. The van der Waals surface area contributed by atoms with E-state index in [4.69, 9.17) is 4.74 Å². The fourth-order valence-corrected chi connectivity index (χ4v) is 1.74. The molecule has 0 fully saturated rings. The highest BCUT2D eigenvalue weighted by Gasteiger charge is 2.11. The maximum Gasteiger partial charge on any atom is 0.323 e. The summed E-state index contributed by atoms with van der Waals surface area (Å²) in [4.78, 5) is 17.3. The van der Waals surface area contributed by atoms with Crippen molar-refractivity contribution in [2.24, 2.45) is 0 Å². The van der Waals surface area contributed by atoms with Crippen LogP contribution in [-0.2, 0) is 6.42 Å². The van der Waals surface area contributed by atoms with Crippen LogP contribution in [0.5, 0.6) is 6.01 Å². The van der Waals surface area contributed by atoms with Crippen molar-refractivity contribution in [1.29, 1.82) is 0 Å². The molecule has 0 bridgehead atoms. The van der Waals surface area contributed by atoms with E-state index in [-0.39, 0.29) is 0 Å². The Morgan fingerprint density at radius 3 is 2.75 bits per heavy atom. The van der Waals surface area contributed by atoms with E-state index in [0.717, 1.165) is 25.2 Å². The first-order chi connectivity index (χ1) is 9.78. The first-order valence-corrected chi connectivity index (χ1v) is 6.93. The molecule has 1 N–H and O–H groups in total. The molecular weight excluding hydrogens is 256 g/mol. The molecule has 0 amide bonds. The lowest BCUT2D eigenvalue weighted by Crippen LogP contribution is -2.12. The van der Waals surface area contributed by atoms with Crippen LogP contribution in [0, 0.1) is 0 Å². The summed E-state index contributed by atoms with van der Waals surface area (Å²) in [6.07, 6.45) is 5.38. The van der Waals surface area contributed by atoms with Crippen molar-refractivity contribution in [2.75, 3.05) is 18.5 Å². The van der Waals surface area contributed by atoms with Gasteiger partial charge in [-0.15, -0.1) is 0 Å².